The minimum absolute atomic E-state index is 0.258. The molecule has 0 saturated carbocycles. The molecule has 0 spiro atoms. The Balaban J connectivity index is 1.61. The van der Waals surface area contributed by atoms with Crippen LogP contribution in [0, 0.1) is 0 Å². The number of aliphatic hydroxyl groups is 1. The van der Waals surface area contributed by atoms with Crippen molar-refractivity contribution in [1.82, 2.24) is 4.31 Å². The molecule has 1 saturated heterocycles. The third kappa shape index (κ3) is 4.52. The highest BCUT2D eigenvalue weighted by Crippen LogP contribution is 2.33. The fraction of sp³-hybridized carbons (Fsp3) is 0.217. The maximum absolute atomic E-state index is 12.9. The van der Waals surface area contributed by atoms with Gasteiger partial charge in [-0.3, -0.25) is 0 Å². The zero-order valence-corrected chi connectivity index (χ0v) is 17.9. The number of piperidine rings is 1. The van der Waals surface area contributed by atoms with Crippen LogP contribution in [0.4, 0.5) is 11.4 Å². The number of hydrogen-bond acceptors (Lipinski definition) is 4. The lowest BCUT2D eigenvalue weighted by molar-refractivity contribution is 0.113. The lowest BCUT2D eigenvalue weighted by Gasteiger charge is -2.28. The average molecular weight is 443 g/mol. The zero-order chi connectivity index (χ0) is 21.1. The lowest BCUT2D eigenvalue weighted by Crippen LogP contribution is -2.39. The van der Waals surface area contributed by atoms with Gasteiger partial charge < -0.3 is 10.4 Å². The molecule has 0 atom stereocenters. The van der Waals surface area contributed by atoms with Gasteiger partial charge in [0.25, 0.3) is 0 Å². The van der Waals surface area contributed by atoms with Gasteiger partial charge >= 0.3 is 0 Å². The van der Waals surface area contributed by atoms with Crippen LogP contribution in [0.25, 0.3) is 11.1 Å². The molecule has 0 aliphatic carbocycles. The van der Waals surface area contributed by atoms with E-state index in [1.807, 2.05) is 60.7 Å². The zero-order valence-electron chi connectivity index (χ0n) is 16.3. The van der Waals surface area contributed by atoms with E-state index in [0.29, 0.717) is 31.0 Å². The predicted molar refractivity (Wildman–Crippen MR) is 121 cm³/mol. The Morgan fingerprint density at radius 2 is 1.60 bits per heavy atom. The van der Waals surface area contributed by atoms with Crippen molar-refractivity contribution in [2.24, 2.45) is 0 Å². The van der Waals surface area contributed by atoms with Crippen LogP contribution in [0.3, 0.4) is 0 Å². The summed E-state index contributed by atoms with van der Waals surface area (Å²) in [6.07, 6.45) is 0.520. The summed E-state index contributed by atoms with van der Waals surface area (Å²) in [6.45, 7) is 0.682. The van der Waals surface area contributed by atoms with Gasteiger partial charge in [0.1, 0.15) is 0 Å². The maximum atomic E-state index is 12.9. The van der Waals surface area contributed by atoms with Crippen LogP contribution in [-0.4, -0.2) is 37.0 Å². The van der Waals surface area contributed by atoms with Gasteiger partial charge in [0, 0.05) is 35.1 Å². The molecule has 1 aliphatic heterocycles. The minimum Gasteiger partial charge on any atom is -0.393 e. The van der Waals surface area contributed by atoms with Gasteiger partial charge in [-0.25, -0.2) is 8.42 Å². The highest BCUT2D eigenvalue weighted by molar-refractivity contribution is 7.89. The largest absolute Gasteiger partial charge is 0.393 e. The number of para-hydroxylation sites is 1. The molecular weight excluding hydrogens is 420 g/mol. The van der Waals surface area contributed by atoms with Crippen molar-refractivity contribution in [2.75, 3.05) is 18.4 Å². The Morgan fingerprint density at radius 1 is 0.933 bits per heavy atom. The highest BCUT2D eigenvalue weighted by atomic mass is 35.5. The summed E-state index contributed by atoms with van der Waals surface area (Å²) in [4.78, 5) is 0.258. The quantitative estimate of drug-likeness (QED) is 0.589. The van der Waals surface area contributed by atoms with Gasteiger partial charge in [-0.1, -0.05) is 48.0 Å². The number of aliphatic hydroxyl groups excluding tert-OH is 1. The summed E-state index contributed by atoms with van der Waals surface area (Å²) in [5, 5.41) is 13.6. The highest BCUT2D eigenvalue weighted by Gasteiger charge is 2.28. The first-order valence-electron chi connectivity index (χ1n) is 9.84. The van der Waals surface area contributed by atoms with Crippen LogP contribution < -0.4 is 5.32 Å². The second-order valence-electron chi connectivity index (χ2n) is 7.34. The molecule has 1 fully saturated rings. The molecular formula is C23H23ClN2O3S. The van der Waals surface area contributed by atoms with E-state index in [-0.39, 0.29) is 4.90 Å². The molecule has 30 heavy (non-hydrogen) atoms. The molecule has 0 amide bonds. The molecule has 5 nitrogen and oxygen atoms in total. The van der Waals surface area contributed by atoms with Crippen molar-refractivity contribution in [3.8, 4) is 11.1 Å². The van der Waals surface area contributed by atoms with Crippen LogP contribution in [0.5, 0.6) is 0 Å². The molecule has 0 aromatic heterocycles. The number of nitrogens with zero attached hydrogens (tertiary/aromatic N) is 1. The predicted octanol–water partition coefficient (Wildman–Crippen LogP) is 4.90. The van der Waals surface area contributed by atoms with E-state index in [1.165, 1.54) is 4.31 Å². The standard InChI is InChI=1S/C23H23ClN2O3S/c24-18-8-11-22(23(16-18)25-19-4-2-1-3-5-19)17-6-9-21(10-7-17)30(28,29)26-14-12-20(27)13-15-26/h1-11,16,20,25,27H,12-15H2. The van der Waals surface area contributed by atoms with Gasteiger partial charge in [-0.05, 0) is 54.8 Å². The number of nitrogens with one attached hydrogen (secondary N) is 1. The molecule has 0 radical (unpaired) electrons. The number of halogens is 1. The molecule has 1 heterocycles. The van der Waals surface area contributed by atoms with Crippen LogP contribution in [0.1, 0.15) is 12.8 Å². The first-order chi connectivity index (χ1) is 14.4. The summed E-state index contributed by atoms with van der Waals surface area (Å²) in [7, 11) is -3.56. The van der Waals surface area contributed by atoms with Crippen molar-refractivity contribution in [3.63, 3.8) is 0 Å². The van der Waals surface area contributed by atoms with Crippen molar-refractivity contribution in [2.45, 2.75) is 23.8 Å². The molecule has 7 heteroatoms. The Bertz CT molecular complexity index is 1110. The first-order valence-corrected chi connectivity index (χ1v) is 11.7. The van der Waals surface area contributed by atoms with Crippen LogP contribution >= 0.6 is 11.6 Å². The summed E-state index contributed by atoms with van der Waals surface area (Å²) in [5.41, 5.74) is 3.59. The lowest BCUT2D eigenvalue weighted by atomic mass is 10.0. The van der Waals surface area contributed by atoms with E-state index in [1.54, 1.807) is 12.1 Å². The number of hydrogen-bond donors (Lipinski definition) is 2. The van der Waals surface area contributed by atoms with E-state index < -0.39 is 16.1 Å². The Kier molecular flexibility index (Phi) is 6.11. The van der Waals surface area contributed by atoms with Crippen molar-refractivity contribution in [3.05, 3.63) is 77.8 Å². The van der Waals surface area contributed by atoms with E-state index in [4.69, 9.17) is 11.6 Å². The monoisotopic (exact) mass is 442 g/mol. The molecule has 156 valence electrons. The molecule has 2 N–H and O–H groups in total. The fourth-order valence-corrected chi connectivity index (χ4v) is 5.23. The number of anilines is 2. The smallest absolute Gasteiger partial charge is 0.243 e. The molecule has 0 unspecified atom stereocenters. The number of benzene rings is 3. The number of rotatable bonds is 5. The summed E-state index contributed by atoms with van der Waals surface area (Å²) < 4.78 is 27.3. The second-order valence-corrected chi connectivity index (χ2v) is 9.71. The molecule has 3 aromatic carbocycles. The third-order valence-corrected chi connectivity index (χ3v) is 7.41. The molecule has 3 aromatic rings. The van der Waals surface area contributed by atoms with E-state index in [0.717, 1.165) is 22.5 Å². The van der Waals surface area contributed by atoms with E-state index in [2.05, 4.69) is 5.32 Å². The summed E-state index contributed by atoms with van der Waals surface area (Å²) in [6, 6.07) is 22.3. The van der Waals surface area contributed by atoms with Gasteiger partial charge in [-0.2, -0.15) is 4.31 Å². The molecule has 4 rings (SSSR count). The molecule has 0 bridgehead atoms. The Morgan fingerprint density at radius 3 is 2.27 bits per heavy atom. The van der Waals surface area contributed by atoms with Crippen LogP contribution in [0.15, 0.2) is 77.7 Å². The minimum atomic E-state index is -3.56. The van der Waals surface area contributed by atoms with Crippen molar-refractivity contribution in [1.29, 1.82) is 0 Å². The van der Waals surface area contributed by atoms with E-state index >= 15 is 0 Å². The van der Waals surface area contributed by atoms with E-state index in [9.17, 15) is 13.5 Å². The topological polar surface area (TPSA) is 69.6 Å². The fourth-order valence-electron chi connectivity index (χ4n) is 3.59. The van der Waals surface area contributed by atoms with Crippen LogP contribution in [0.2, 0.25) is 5.02 Å². The third-order valence-electron chi connectivity index (χ3n) is 5.26. The summed E-state index contributed by atoms with van der Waals surface area (Å²) in [5.74, 6) is 0. The van der Waals surface area contributed by atoms with Gasteiger partial charge in [-0.15, -0.1) is 0 Å². The Labute approximate surface area is 182 Å². The van der Waals surface area contributed by atoms with Crippen LogP contribution in [-0.2, 0) is 10.0 Å². The first kappa shape index (κ1) is 20.9. The van der Waals surface area contributed by atoms with Crippen molar-refractivity contribution < 1.29 is 13.5 Å². The number of sulfonamides is 1. The maximum Gasteiger partial charge on any atom is 0.243 e. The van der Waals surface area contributed by atoms with Crippen molar-refractivity contribution >= 4 is 33.0 Å². The Hall–Kier alpha value is -2.38. The molecule has 1 aliphatic rings. The normalized spacial score (nSPS) is 15.8. The summed E-state index contributed by atoms with van der Waals surface area (Å²) >= 11 is 6.21. The second kappa shape index (κ2) is 8.78. The van der Waals surface area contributed by atoms with Gasteiger partial charge in [0.15, 0.2) is 0 Å². The van der Waals surface area contributed by atoms with Gasteiger partial charge in [0.2, 0.25) is 10.0 Å². The SMILES string of the molecule is O=S(=O)(c1ccc(-c2ccc(Cl)cc2Nc2ccccc2)cc1)N1CCC(O)CC1. The van der Waals surface area contributed by atoms with Gasteiger partial charge in [0.05, 0.1) is 11.0 Å². The average Bonchev–Trinajstić information content (AvgIpc) is 2.75.